The van der Waals surface area contributed by atoms with E-state index >= 15 is 0 Å². The number of hydrogen-bond acceptors (Lipinski definition) is 6. The van der Waals surface area contributed by atoms with Crippen molar-refractivity contribution in [2.75, 3.05) is 14.2 Å². The SMILES string of the molecule is COc1ccc(OC)c(CCc2nc3s/c(=C\c4ccccc4Cl)c(=O)n3n2)c1. The Morgan fingerprint density at radius 1 is 1.14 bits per heavy atom. The summed E-state index contributed by atoms with van der Waals surface area (Å²) in [7, 11) is 3.26. The normalized spacial score (nSPS) is 11.9. The molecule has 2 heterocycles. The van der Waals surface area contributed by atoms with Crippen LogP contribution < -0.4 is 19.6 Å². The van der Waals surface area contributed by atoms with Gasteiger partial charge in [-0.1, -0.05) is 41.1 Å². The number of methoxy groups -OCH3 is 2. The number of ether oxygens (including phenoxy) is 2. The molecule has 0 bridgehead atoms. The van der Waals surface area contributed by atoms with E-state index in [1.807, 2.05) is 36.4 Å². The summed E-state index contributed by atoms with van der Waals surface area (Å²) in [5, 5.41) is 4.98. The maximum Gasteiger partial charge on any atom is 0.291 e. The van der Waals surface area contributed by atoms with E-state index in [9.17, 15) is 4.79 Å². The zero-order valence-electron chi connectivity index (χ0n) is 15.9. The summed E-state index contributed by atoms with van der Waals surface area (Å²) in [5.41, 5.74) is 1.60. The van der Waals surface area contributed by atoms with Gasteiger partial charge in [-0.05, 0) is 47.9 Å². The van der Waals surface area contributed by atoms with E-state index in [1.165, 1.54) is 15.9 Å². The van der Waals surface area contributed by atoms with Gasteiger partial charge in [-0.2, -0.15) is 4.52 Å². The van der Waals surface area contributed by atoms with Gasteiger partial charge < -0.3 is 9.47 Å². The largest absolute Gasteiger partial charge is 0.497 e. The third kappa shape index (κ3) is 3.97. The lowest BCUT2D eigenvalue weighted by atomic mass is 10.1. The van der Waals surface area contributed by atoms with E-state index in [1.54, 1.807) is 26.4 Å². The molecule has 6 nitrogen and oxygen atoms in total. The minimum atomic E-state index is -0.192. The Hall–Kier alpha value is -2.90. The van der Waals surface area contributed by atoms with Crippen LogP contribution in [0.5, 0.6) is 11.5 Å². The lowest BCUT2D eigenvalue weighted by Gasteiger charge is -2.09. The first kappa shape index (κ1) is 19.4. The molecule has 0 aliphatic heterocycles. The topological polar surface area (TPSA) is 65.7 Å². The molecule has 0 saturated heterocycles. The third-order valence-corrected chi connectivity index (χ3v) is 5.83. The average molecular weight is 428 g/mol. The molecule has 0 amide bonds. The zero-order valence-corrected chi connectivity index (χ0v) is 17.5. The van der Waals surface area contributed by atoms with Crippen molar-refractivity contribution in [1.82, 2.24) is 14.6 Å². The molecule has 0 unspecified atom stereocenters. The van der Waals surface area contributed by atoms with E-state index in [0.29, 0.717) is 33.2 Å². The summed E-state index contributed by atoms with van der Waals surface area (Å²) < 4.78 is 12.6. The number of fused-ring (bicyclic) bond motifs is 1. The van der Waals surface area contributed by atoms with Crippen LogP contribution in [0.2, 0.25) is 5.02 Å². The van der Waals surface area contributed by atoms with Crippen molar-refractivity contribution in [2.24, 2.45) is 0 Å². The minimum absolute atomic E-state index is 0.192. The summed E-state index contributed by atoms with van der Waals surface area (Å²) >= 11 is 7.49. The van der Waals surface area contributed by atoms with Crippen LogP contribution >= 0.6 is 22.9 Å². The van der Waals surface area contributed by atoms with Crippen LogP contribution in [0.4, 0.5) is 0 Å². The van der Waals surface area contributed by atoms with Gasteiger partial charge in [0.2, 0.25) is 4.96 Å². The molecule has 0 fully saturated rings. The highest BCUT2D eigenvalue weighted by molar-refractivity contribution is 7.15. The fourth-order valence-corrected chi connectivity index (χ4v) is 4.15. The van der Waals surface area contributed by atoms with Crippen LogP contribution in [0.15, 0.2) is 47.3 Å². The van der Waals surface area contributed by atoms with E-state index in [0.717, 1.165) is 22.6 Å². The molecule has 0 atom stereocenters. The predicted molar refractivity (Wildman–Crippen MR) is 114 cm³/mol. The smallest absolute Gasteiger partial charge is 0.291 e. The second-order valence-electron chi connectivity index (χ2n) is 6.34. The summed E-state index contributed by atoms with van der Waals surface area (Å²) in [4.78, 5) is 17.8. The number of benzene rings is 2. The Morgan fingerprint density at radius 2 is 1.97 bits per heavy atom. The Labute approximate surface area is 176 Å². The fraction of sp³-hybridized carbons (Fsp3) is 0.190. The first-order valence-corrected chi connectivity index (χ1v) is 10.1. The molecule has 0 radical (unpaired) electrons. The van der Waals surface area contributed by atoms with E-state index in [4.69, 9.17) is 21.1 Å². The number of aryl methyl sites for hydroxylation is 2. The van der Waals surface area contributed by atoms with Crippen molar-refractivity contribution in [1.29, 1.82) is 0 Å². The second-order valence-corrected chi connectivity index (χ2v) is 7.75. The molecule has 2 aromatic heterocycles. The highest BCUT2D eigenvalue weighted by Gasteiger charge is 2.12. The van der Waals surface area contributed by atoms with Crippen molar-refractivity contribution >= 4 is 34.0 Å². The molecule has 0 N–H and O–H groups in total. The molecule has 0 aliphatic carbocycles. The highest BCUT2D eigenvalue weighted by atomic mass is 35.5. The maximum absolute atomic E-state index is 12.7. The quantitative estimate of drug-likeness (QED) is 0.473. The lowest BCUT2D eigenvalue weighted by Crippen LogP contribution is -2.23. The highest BCUT2D eigenvalue weighted by Crippen LogP contribution is 2.25. The van der Waals surface area contributed by atoms with E-state index < -0.39 is 0 Å². The van der Waals surface area contributed by atoms with Gasteiger partial charge in [0.25, 0.3) is 5.56 Å². The molecule has 8 heteroatoms. The first-order chi connectivity index (χ1) is 14.1. The monoisotopic (exact) mass is 427 g/mol. The van der Waals surface area contributed by atoms with Crippen LogP contribution in [0.1, 0.15) is 17.0 Å². The number of rotatable bonds is 6. The molecular weight excluding hydrogens is 410 g/mol. The molecule has 0 aliphatic rings. The maximum atomic E-state index is 12.7. The van der Waals surface area contributed by atoms with Crippen molar-refractivity contribution in [3.8, 4) is 11.5 Å². The molecular formula is C21H18ClN3O3S. The summed E-state index contributed by atoms with van der Waals surface area (Å²) in [6, 6.07) is 13.1. The van der Waals surface area contributed by atoms with Gasteiger partial charge in [-0.3, -0.25) is 4.79 Å². The van der Waals surface area contributed by atoms with Crippen LogP contribution in [0.25, 0.3) is 11.0 Å². The number of hydrogen-bond donors (Lipinski definition) is 0. The van der Waals surface area contributed by atoms with Gasteiger partial charge in [-0.15, -0.1) is 5.10 Å². The zero-order chi connectivity index (χ0) is 20.4. The number of halogens is 1. The molecule has 4 rings (SSSR count). The number of nitrogens with zero attached hydrogens (tertiary/aromatic N) is 3. The number of aromatic nitrogens is 3. The second kappa shape index (κ2) is 8.23. The van der Waals surface area contributed by atoms with Crippen molar-refractivity contribution in [3.05, 3.63) is 79.3 Å². The Bertz CT molecular complexity index is 1280. The van der Waals surface area contributed by atoms with E-state index in [2.05, 4.69) is 10.1 Å². The van der Waals surface area contributed by atoms with Gasteiger partial charge in [0.15, 0.2) is 5.82 Å². The van der Waals surface area contributed by atoms with Crippen molar-refractivity contribution in [2.45, 2.75) is 12.8 Å². The van der Waals surface area contributed by atoms with Crippen LogP contribution in [0.3, 0.4) is 0 Å². The fourth-order valence-electron chi connectivity index (χ4n) is 3.04. The van der Waals surface area contributed by atoms with Crippen molar-refractivity contribution < 1.29 is 9.47 Å². The molecule has 148 valence electrons. The van der Waals surface area contributed by atoms with Gasteiger partial charge in [-0.25, -0.2) is 4.98 Å². The summed E-state index contributed by atoms with van der Waals surface area (Å²) in [6.45, 7) is 0. The minimum Gasteiger partial charge on any atom is -0.497 e. The van der Waals surface area contributed by atoms with E-state index in [-0.39, 0.29) is 5.56 Å². The standard InChI is InChI=1S/C21H18ClN3O3S/c1-27-15-8-9-17(28-2)14(11-15)7-10-19-23-21-25(24-19)20(26)18(29-21)12-13-5-3-4-6-16(13)22/h3-6,8-9,11-12H,7,10H2,1-2H3/b18-12-. The van der Waals surface area contributed by atoms with Gasteiger partial charge >= 0.3 is 0 Å². The summed E-state index contributed by atoms with van der Waals surface area (Å²) in [6.07, 6.45) is 3.03. The molecule has 0 saturated carbocycles. The van der Waals surface area contributed by atoms with Gasteiger partial charge in [0.1, 0.15) is 11.5 Å². The van der Waals surface area contributed by atoms with Crippen LogP contribution in [0, 0.1) is 0 Å². The number of thiazole rings is 1. The summed E-state index contributed by atoms with van der Waals surface area (Å²) in [5.74, 6) is 2.16. The van der Waals surface area contributed by atoms with Crippen LogP contribution in [-0.2, 0) is 12.8 Å². The Kier molecular flexibility index (Phi) is 5.51. The lowest BCUT2D eigenvalue weighted by molar-refractivity contribution is 0.398. The third-order valence-electron chi connectivity index (χ3n) is 4.52. The van der Waals surface area contributed by atoms with Crippen LogP contribution in [-0.4, -0.2) is 28.8 Å². The van der Waals surface area contributed by atoms with Crippen molar-refractivity contribution in [3.63, 3.8) is 0 Å². The molecule has 0 spiro atoms. The molecule has 4 aromatic rings. The molecule has 29 heavy (non-hydrogen) atoms. The van der Waals surface area contributed by atoms with Gasteiger partial charge in [0, 0.05) is 11.4 Å². The van der Waals surface area contributed by atoms with Gasteiger partial charge in [0.05, 0.1) is 18.8 Å². The first-order valence-electron chi connectivity index (χ1n) is 8.94. The Morgan fingerprint density at radius 3 is 2.69 bits per heavy atom. The average Bonchev–Trinajstić information content (AvgIpc) is 3.26. The predicted octanol–water partition coefficient (Wildman–Crippen LogP) is 3.15. The Balaban J connectivity index is 1.60. The molecule has 2 aromatic carbocycles.